The second kappa shape index (κ2) is 11.5. The molecule has 2 aromatic heterocycles. The SMILES string of the molecule is c1ccc(-c2ccc(-c3cccc(-c4cccc(-c5nc(-c6ccccc6)nc6ccc7sc8ccccc8c7c56)c4)c3)cc2)cc1. The quantitative estimate of drug-likeness (QED) is 0.192. The highest BCUT2D eigenvalue weighted by atomic mass is 32.1. The number of nitrogens with zero attached hydrogens (tertiary/aromatic N) is 2. The van der Waals surface area contributed by atoms with Crippen LogP contribution in [-0.4, -0.2) is 9.97 Å². The Morgan fingerprint density at radius 3 is 1.60 bits per heavy atom. The highest BCUT2D eigenvalue weighted by Crippen LogP contribution is 2.42. The molecule has 0 fully saturated rings. The van der Waals surface area contributed by atoms with Crippen molar-refractivity contribution >= 4 is 42.4 Å². The summed E-state index contributed by atoms with van der Waals surface area (Å²) in [6.45, 7) is 0. The van der Waals surface area contributed by atoms with Crippen molar-refractivity contribution in [2.45, 2.75) is 0 Å². The van der Waals surface area contributed by atoms with Crippen LogP contribution in [0.4, 0.5) is 0 Å². The Balaban J connectivity index is 1.19. The Morgan fingerprint density at radius 1 is 0.340 bits per heavy atom. The molecule has 0 saturated carbocycles. The van der Waals surface area contributed by atoms with Gasteiger partial charge in [-0.25, -0.2) is 9.97 Å². The van der Waals surface area contributed by atoms with E-state index in [4.69, 9.17) is 9.97 Å². The average Bonchev–Trinajstić information content (AvgIpc) is 3.54. The van der Waals surface area contributed by atoms with Gasteiger partial charge in [0.1, 0.15) is 0 Å². The molecule has 0 radical (unpaired) electrons. The predicted molar refractivity (Wildman–Crippen MR) is 200 cm³/mol. The molecule has 0 spiro atoms. The van der Waals surface area contributed by atoms with E-state index in [0.717, 1.165) is 39.1 Å². The average molecular weight is 617 g/mol. The summed E-state index contributed by atoms with van der Waals surface area (Å²) in [5.74, 6) is 0.735. The lowest BCUT2D eigenvalue weighted by atomic mass is 9.95. The van der Waals surface area contributed by atoms with Crippen molar-refractivity contribution in [1.82, 2.24) is 9.97 Å². The fourth-order valence-electron chi connectivity index (χ4n) is 6.57. The predicted octanol–water partition coefficient (Wildman–Crippen LogP) is 12.3. The van der Waals surface area contributed by atoms with Crippen LogP contribution >= 0.6 is 11.3 Å². The Morgan fingerprint density at radius 2 is 0.872 bits per heavy atom. The Kier molecular flexibility index (Phi) is 6.69. The van der Waals surface area contributed by atoms with Gasteiger partial charge >= 0.3 is 0 Å². The van der Waals surface area contributed by atoms with E-state index in [1.165, 1.54) is 48.0 Å². The number of hydrogen-bond donors (Lipinski definition) is 0. The molecule has 0 atom stereocenters. The molecule has 47 heavy (non-hydrogen) atoms. The van der Waals surface area contributed by atoms with Gasteiger partial charge in [-0.15, -0.1) is 11.3 Å². The molecule has 0 bridgehead atoms. The number of fused-ring (bicyclic) bond motifs is 5. The molecule has 9 aromatic rings. The summed E-state index contributed by atoms with van der Waals surface area (Å²) < 4.78 is 2.52. The standard InChI is InChI=1S/C44H28N2S/c1-3-11-29(12-4-1)30-21-23-31(24-22-30)33-15-9-16-34(27-33)35-17-10-18-36(28-35)43-42-38(45-44(46-43)32-13-5-2-6-14-32)25-26-40-41(42)37-19-7-8-20-39(37)47-40/h1-28H. The molecule has 0 N–H and O–H groups in total. The summed E-state index contributed by atoms with van der Waals surface area (Å²) in [5, 5.41) is 3.57. The highest BCUT2D eigenvalue weighted by molar-refractivity contribution is 7.26. The first-order chi connectivity index (χ1) is 23.3. The van der Waals surface area contributed by atoms with Gasteiger partial charge in [0.25, 0.3) is 0 Å². The van der Waals surface area contributed by atoms with Gasteiger partial charge in [-0.1, -0.05) is 140 Å². The molecule has 0 unspecified atom stereocenters. The molecule has 2 nitrogen and oxygen atoms in total. The monoisotopic (exact) mass is 616 g/mol. The van der Waals surface area contributed by atoms with Gasteiger partial charge in [0, 0.05) is 36.7 Å². The van der Waals surface area contributed by atoms with Crippen molar-refractivity contribution in [2.24, 2.45) is 0 Å². The Bertz CT molecular complexity index is 2550. The minimum Gasteiger partial charge on any atom is -0.228 e. The topological polar surface area (TPSA) is 25.8 Å². The molecule has 2 heterocycles. The zero-order chi connectivity index (χ0) is 31.2. The van der Waals surface area contributed by atoms with Gasteiger partial charge < -0.3 is 0 Å². The van der Waals surface area contributed by atoms with E-state index in [0.29, 0.717) is 0 Å². The minimum absolute atomic E-state index is 0.735. The lowest BCUT2D eigenvalue weighted by Crippen LogP contribution is -1.96. The fraction of sp³-hybridized carbons (Fsp3) is 0. The summed E-state index contributed by atoms with van der Waals surface area (Å²) in [5.41, 5.74) is 11.2. The number of aromatic nitrogens is 2. The first-order valence-corrected chi connectivity index (χ1v) is 16.6. The molecule has 0 aliphatic heterocycles. The lowest BCUT2D eigenvalue weighted by Gasteiger charge is -2.13. The van der Waals surface area contributed by atoms with Crippen LogP contribution < -0.4 is 0 Å². The van der Waals surface area contributed by atoms with Gasteiger partial charge in [0.2, 0.25) is 0 Å². The maximum atomic E-state index is 5.30. The van der Waals surface area contributed by atoms with Crippen LogP contribution in [0.5, 0.6) is 0 Å². The van der Waals surface area contributed by atoms with Crippen LogP contribution in [0.3, 0.4) is 0 Å². The maximum Gasteiger partial charge on any atom is 0.160 e. The maximum absolute atomic E-state index is 5.30. The molecule has 0 aliphatic rings. The largest absolute Gasteiger partial charge is 0.228 e. The zero-order valence-corrected chi connectivity index (χ0v) is 26.3. The molecule has 9 rings (SSSR count). The lowest BCUT2D eigenvalue weighted by molar-refractivity contribution is 1.23. The van der Waals surface area contributed by atoms with Crippen molar-refractivity contribution in [3.63, 3.8) is 0 Å². The van der Waals surface area contributed by atoms with Crippen LogP contribution in [0.15, 0.2) is 170 Å². The van der Waals surface area contributed by atoms with E-state index in [9.17, 15) is 0 Å². The third kappa shape index (κ3) is 4.98. The second-order valence-electron chi connectivity index (χ2n) is 11.8. The highest BCUT2D eigenvalue weighted by Gasteiger charge is 2.18. The van der Waals surface area contributed by atoms with E-state index in [1.807, 2.05) is 29.5 Å². The van der Waals surface area contributed by atoms with Gasteiger partial charge in [-0.2, -0.15) is 0 Å². The van der Waals surface area contributed by atoms with Gasteiger partial charge in [0.05, 0.1) is 11.2 Å². The summed E-state index contributed by atoms with van der Waals surface area (Å²) in [4.78, 5) is 10.4. The number of benzene rings is 7. The second-order valence-corrected chi connectivity index (χ2v) is 12.9. The molecule has 220 valence electrons. The third-order valence-electron chi connectivity index (χ3n) is 8.89. The Hall–Kier alpha value is -5.90. The van der Waals surface area contributed by atoms with Crippen molar-refractivity contribution < 1.29 is 0 Å². The fourth-order valence-corrected chi connectivity index (χ4v) is 7.69. The molecule has 0 amide bonds. The van der Waals surface area contributed by atoms with Crippen molar-refractivity contribution in [3.8, 4) is 56.0 Å². The third-order valence-corrected chi connectivity index (χ3v) is 10.0. The number of hydrogen-bond acceptors (Lipinski definition) is 3. The van der Waals surface area contributed by atoms with Crippen LogP contribution in [-0.2, 0) is 0 Å². The van der Waals surface area contributed by atoms with Gasteiger partial charge in [0.15, 0.2) is 5.82 Å². The van der Waals surface area contributed by atoms with Crippen LogP contribution in [0.2, 0.25) is 0 Å². The normalized spacial score (nSPS) is 11.4. The van der Waals surface area contributed by atoms with Crippen molar-refractivity contribution in [3.05, 3.63) is 170 Å². The molecule has 0 aliphatic carbocycles. The minimum atomic E-state index is 0.735. The number of rotatable bonds is 5. The van der Waals surface area contributed by atoms with Crippen molar-refractivity contribution in [1.29, 1.82) is 0 Å². The molecule has 7 aromatic carbocycles. The first kappa shape index (κ1) is 27.4. The smallest absolute Gasteiger partial charge is 0.160 e. The van der Waals surface area contributed by atoms with E-state index >= 15 is 0 Å². The Labute approximate surface area is 277 Å². The van der Waals surface area contributed by atoms with E-state index < -0.39 is 0 Å². The number of thiophene rings is 1. The van der Waals surface area contributed by atoms with E-state index in [2.05, 4.69) is 152 Å². The first-order valence-electron chi connectivity index (χ1n) is 15.8. The summed E-state index contributed by atoms with van der Waals surface area (Å²) in [6.07, 6.45) is 0. The summed E-state index contributed by atoms with van der Waals surface area (Å²) >= 11 is 1.82. The summed E-state index contributed by atoms with van der Waals surface area (Å²) in [6, 6.07) is 60.3. The van der Waals surface area contributed by atoms with Crippen LogP contribution in [0, 0.1) is 0 Å². The van der Waals surface area contributed by atoms with Crippen LogP contribution in [0.1, 0.15) is 0 Å². The van der Waals surface area contributed by atoms with Gasteiger partial charge in [-0.05, 0) is 63.7 Å². The molecular weight excluding hydrogens is 589 g/mol. The van der Waals surface area contributed by atoms with Gasteiger partial charge in [-0.3, -0.25) is 0 Å². The molecule has 3 heteroatoms. The van der Waals surface area contributed by atoms with Crippen LogP contribution in [0.25, 0.3) is 87.1 Å². The molecular formula is C44H28N2S. The summed E-state index contributed by atoms with van der Waals surface area (Å²) in [7, 11) is 0. The van der Waals surface area contributed by atoms with E-state index in [1.54, 1.807) is 0 Å². The van der Waals surface area contributed by atoms with Crippen molar-refractivity contribution in [2.75, 3.05) is 0 Å². The zero-order valence-electron chi connectivity index (χ0n) is 25.5. The van der Waals surface area contributed by atoms with E-state index in [-0.39, 0.29) is 0 Å². The molecule has 0 saturated heterocycles.